The molecular weight excluding hydrogens is 372 g/mol. The summed E-state index contributed by atoms with van der Waals surface area (Å²) in [5.74, 6) is -0.535. The Hall–Kier alpha value is -2.66. The average Bonchev–Trinajstić information content (AvgIpc) is 3.23. The molecule has 3 N–H and O–H groups in total. The van der Waals surface area contributed by atoms with Gasteiger partial charge < -0.3 is 24.7 Å². The first kappa shape index (κ1) is 17.7. The lowest BCUT2D eigenvalue weighted by Crippen LogP contribution is -2.34. The number of nitrogens with one attached hydrogen (secondary N) is 1. The maximum Gasteiger partial charge on any atom is 0.338 e. The molecule has 9 nitrogen and oxygen atoms in total. The van der Waals surface area contributed by atoms with Gasteiger partial charge >= 0.3 is 5.97 Å². The molecule has 0 saturated carbocycles. The van der Waals surface area contributed by atoms with Crippen molar-refractivity contribution in [3.8, 4) is 0 Å². The Morgan fingerprint density at radius 2 is 2.04 bits per heavy atom. The fourth-order valence-corrected chi connectivity index (χ4v) is 3.18. The number of aromatic amines is 1. The van der Waals surface area contributed by atoms with Crippen molar-refractivity contribution in [1.82, 2.24) is 19.5 Å². The largest absolute Gasteiger partial charge is 0.459 e. The number of aliphatic hydroxyl groups excluding tert-OH is 2. The molecule has 1 saturated heterocycles. The zero-order valence-electron chi connectivity index (χ0n) is 13.9. The molecule has 0 radical (unpaired) electrons. The van der Waals surface area contributed by atoms with E-state index in [1.807, 2.05) is 0 Å². The van der Waals surface area contributed by atoms with Crippen molar-refractivity contribution in [3.63, 3.8) is 0 Å². The summed E-state index contributed by atoms with van der Waals surface area (Å²) in [7, 11) is 0. The maximum absolute atomic E-state index is 12.1. The van der Waals surface area contributed by atoms with Crippen LogP contribution in [-0.4, -0.2) is 60.6 Å². The number of aromatic nitrogens is 4. The molecular formula is C17H16N4O5S. The minimum Gasteiger partial charge on any atom is -0.459 e. The Bertz CT molecular complexity index is 1020. The summed E-state index contributed by atoms with van der Waals surface area (Å²) in [6.45, 7) is -0.202. The number of hydrogen-bond donors (Lipinski definition) is 3. The number of ether oxygens (including phenoxy) is 2. The first-order valence-electron chi connectivity index (χ1n) is 8.20. The normalized spacial score (nSPS) is 25.0. The monoisotopic (exact) mass is 388 g/mol. The first-order chi connectivity index (χ1) is 13.1. The van der Waals surface area contributed by atoms with Crippen molar-refractivity contribution in [2.75, 3.05) is 6.61 Å². The molecule has 27 heavy (non-hydrogen) atoms. The van der Waals surface area contributed by atoms with Gasteiger partial charge in [-0.05, 0) is 12.1 Å². The van der Waals surface area contributed by atoms with Crippen LogP contribution >= 0.6 is 12.2 Å². The third-order valence-electron chi connectivity index (χ3n) is 4.38. The third kappa shape index (κ3) is 3.23. The van der Waals surface area contributed by atoms with E-state index in [1.165, 1.54) is 17.2 Å². The molecule has 140 valence electrons. The second-order valence-electron chi connectivity index (χ2n) is 6.07. The Labute approximate surface area is 158 Å². The second-order valence-corrected chi connectivity index (χ2v) is 6.45. The van der Waals surface area contributed by atoms with Crippen LogP contribution in [0.4, 0.5) is 0 Å². The molecule has 3 aromatic rings. The lowest BCUT2D eigenvalue weighted by atomic mass is 10.1. The van der Waals surface area contributed by atoms with Crippen LogP contribution in [0.5, 0.6) is 0 Å². The fourth-order valence-electron chi connectivity index (χ4n) is 2.98. The fraction of sp³-hybridized carbons (Fsp3) is 0.294. The van der Waals surface area contributed by atoms with Gasteiger partial charge in [0.05, 0.1) is 18.2 Å². The maximum atomic E-state index is 12.1. The van der Waals surface area contributed by atoms with Crippen molar-refractivity contribution in [3.05, 3.63) is 53.2 Å². The van der Waals surface area contributed by atoms with Crippen LogP contribution in [0, 0.1) is 4.64 Å². The van der Waals surface area contributed by atoms with Crippen molar-refractivity contribution < 1.29 is 24.5 Å². The highest BCUT2D eigenvalue weighted by molar-refractivity contribution is 7.71. The summed E-state index contributed by atoms with van der Waals surface area (Å²) in [5, 5.41) is 20.7. The number of rotatable bonds is 4. The smallest absolute Gasteiger partial charge is 0.338 e. The van der Waals surface area contributed by atoms with E-state index in [-0.39, 0.29) is 6.61 Å². The highest BCUT2D eigenvalue weighted by Gasteiger charge is 2.44. The van der Waals surface area contributed by atoms with E-state index in [0.29, 0.717) is 21.4 Å². The number of benzene rings is 1. The van der Waals surface area contributed by atoms with Gasteiger partial charge in [-0.1, -0.05) is 30.4 Å². The molecule has 0 bridgehead atoms. The Kier molecular flexibility index (Phi) is 4.70. The molecule has 1 aliphatic heterocycles. The van der Waals surface area contributed by atoms with E-state index in [4.69, 9.17) is 21.7 Å². The van der Waals surface area contributed by atoms with Crippen molar-refractivity contribution >= 4 is 29.4 Å². The molecule has 0 spiro atoms. The quantitative estimate of drug-likeness (QED) is 0.446. The van der Waals surface area contributed by atoms with Gasteiger partial charge in [0.2, 0.25) is 0 Å². The summed E-state index contributed by atoms with van der Waals surface area (Å²) < 4.78 is 12.8. The number of esters is 1. The van der Waals surface area contributed by atoms with Crippen LogP contribution in [0.3, 0.4) is 0 Å². The number of nitrogens with zero attached hydrogens (tertiary/aromatic N) is 3. The molecule has 3 heterocycles. The van der Waals surface area contributed by atoms with Gasteiger partial charge in [0, 0.05) is 0 Å². The zero-order chi connectivity index (χ0) is 19.0. The summed E-state index contributed by atoms with van der Waals surface area (Å²) in [6, 6.07) is 8.48. The van der Waals surface area contributed by atoms with Gasteiger partial charge in [0.25, 0.3) is 0 Å². The molecule has 4 rings (SSSR count). The Morgan fingerprint density at radius 1 is 1.26 bits per heavy atom. The molecule has 0 aliphatic carbocycles. The van der Waals surface area contributed by atoms with E-state index >= 15 is 0 Å². The van der Waals surface area contributed by atoms with Crippen molar-refractivity contribution in [2.24, 2.45) is 0 Å². The van der Waals surface area contributed by atoms with Crippen LogP contribution in [0.1, 0.15) is 16.6 Å². The summed E-state index contributed by atoms with van der Waals surface area (Å²) >= 11 is 5.12. The number of carbonyl (C=O) groups excluding carboxylic acids is 1. The SMILES string of the molecule is O=C(OCC1OC(n2cnc3c(=S)nc[nH]c32)C(O)C1O)c1ccccc1. The highest BCUT2D eigenvalue weighted by atomic mass is 32.1. The van der Waals surface area contributed by atoms with E-state index in [9.17, 15) is 15.0 Å². The number of carbonyl (C=O) groups is 1. The number of fused-ring (bicyclic) bond motifs is 1. The predicted molar refractivity (Wildman–Crippen MR) is 95.4 cm³/mol. The second kappa shape index (κ2) is 7.16. The molecule has 1 aromatic carbocycles. The van der Waals surface area contributed by atoms with Crippen LogP contribution in [-0.2, 0) is 9.47 Å². The van der Waals surface area contributed by atoms with Gasteiger partial charge in [-0.15, -0.1) is 0 Å². The highest BCUT2D eigenvalue weighted by Crippen LogP contribution is 2.31. The average molecular weight is 388 g/mol. The van der Waals surface area contributed by atoms with Crippen LogP contribution in [0.25, 0.3) is 11.2 Å². The molecule has 4 atom stereocenters. The molecule has 10 heteroatoms. The van der Waals surface area contributed by atoms with Crippen LogP contribution in [0.2, 0.25) is 0 Å². The van der Waals surface area contributed by atoms with Gasteiger partial charge in [0.1, 0.15) is 36.1 Å². The first-order valence-corrected chi connectivity index (χ1v) is 8.61. The van der Waals surface area contributed by atoms with E-state index in [2.05, 4.69) is 15.0 Å². The summed E-state index contributed by atoms with van der Waals surface area (Å²) in [5.41, 5.74) is 1.35. The number of hydrogen-bond acceptors (Lipinski definition) is 8. The number of imidazole rings is 1. The molecule has 0 amide bonds. The van der Waals surface area contributed by atoms with Gasteiger partial charge in [-0.3, -0.25) is 4.57 Å². The minimum absolute atomic E-state index is 0.202. The van der Waals surface area contributed by atoms with Gasteiger partial charge in [-0.25, -0.2) is 14.8 Å². The van der Waals surface area contributed by atoms with E-state index in [0.717, 1.165) is 0 Å². The molecule has 1 aliphatic rings. The van der Waals surface area contributed by atoms with Gasteiger partial charge in [-0.2, -0.15) is 0 Å². The molecule has 2 aromatic heterocycles. The predicted octanol–water partition coefficient (Wildman–Crippen LogP) is 0.965. The van der Waals surface area contributed by atoms with Crippen LogP contribution in [0.15, 0.2) is 43.0 Å². The third-order valence-corrected chi connectivity index (χ3v) is 4.68. The van der Waals surface area contributed by atoms with Gasteiger partial charge in [0.15, 0.2) is 10.9 Å². The number of H-pyrrole nitrogens is 1. The van der Waals surface area contributed by atoms with Crippen molar-refractivity contribution in [2.45, 2.75) is 24.5 Å². The standard InChI is InChI=1S/C17H16N4O5S/c22-12-10(6-25-17(24)9-4-2-1-3-5-9)26-16(13(12)23)21-8-20-11-14(21)18-7-19-15(11)27/h1-5,7-8,10,12-13,16,22-23H,6H2,(H,18,19,27). The minimum atomic E-state index is -1.24. The topological polar surface area (TPSA) is 122 Å². The molecule has 4 unspecified atom stereocenters. The van der Waals surface area contributed by atoms with Crippen LogP contribution < -0.4 is 0 Å². The lowest BCUT2D eigenvalue weighted by Gasteiger charge is -2.16. The Balaban J connectivity index is 1.50. The Morgan fingerprint density at radius 3 is 2.81 bits per heavy atom. The van der Waals surface area contributed by atoms with Crippen molar-refractivity contribution in [1.29, 1.82) is 0 Å². The number of aliphatic hydroxyl groups is 2. The summed E-state index contributed by atoms with van der Waals surface area (Å²) in [6.07, 6.45) is -1.42. The van der Waals surface area contributed by atoms with E-state index in [1.54, 1.807) is 30.3 Å². The van der Waals surface area contributed by atoms with E-state index < -0.39 is 30.5 Å². The lowest BCUT2D eigenvalue weighted by molar-refractivity contribution is -0.0565. The molecule has 1 fully saturated rings. The summed E-state index contributed by atoms with van der Waals surface area (Å²) in [4.78, 5) is 23.1. The zero-order valence-corrected chi connectivity index (χ0v) is 14.7.